The number of benzene rings is 7. The van der Waals surface area contributed by atoms with Gasteiger partial charge in [0.05, 0.1) is 0 Å². The second kappa shape index (κ2) is 12.9. The Balaban J connectivity index is 0.982. The molecule has 296 valence electrons. The van der Waals surface area contributed by atoms with Crippen molar-refractivity contribution >= 4 is 17.1 Å². The van der Waals surface area contributed by atoms with Crippen LogP contribution in [0.2, 0.25) is 0 Å². The van der Waals surface area contributed by atoms with Crippen LogP contribution in [0, 0.1) is 23.7 Å². The largest absolute Gasteiger partial charge is 0.310 e. The molecular formula is C59H55N. The van der Waals surface area contributed by atoms with Crippen molar-refractivity contribution in [2.24, 2.45) is 23.7 Å². The van der Waals surface area contributed by atoms with Gasteiger partial charge in [-0.1, -0.05) is 156 Å². The van der Waals surface area contributed by atoms with Crippen molar-refractivity contribution in [1.29, 1.82) is 0 Å². The summed E-state index contributed by atoms with van der Waals surface area (Å²) in [5.41, 5.74) is 22.0. The topological polar surface area (TPSA) is 3.24 Å². The van der Waals surface area contributed by atoms with Gasteiger partial charge >= 0.3 is 0 Å². The minimum atomic E-state index is -0.0883. The van der Waals surface area contributed by atoms with E-state index >= 15 is 0 Å². The summed E-state index contributed by atoms with van der Waals surface area (Å²) in [4.78, 5) is 2.53. The SMILES string of the molecule is CC(C)(C)c1ccc(N(c2ccc(-c3ccccc3-c3cccc4c3C(C)(C)c3ccccc3-4)cc2)c2ccc3c(c2)C2(c4ccccc4-3)C3CC4CC(C3)CC2C4)cc1. The quantitative estimate of drug-likeness (QED) is 0.168. The van der Waals surface area contributed by atoms with Gasteiger partial charge in [-0.2, -0.15) is 0 Å². The van der Waals surface area contributed by atoms with E-state index in [4.69, 9.17) is 0 Å². The number of hydrogen-bond donors (Lipinski definition) is 0. The van der Waals surface area contributed by atoms with Gasteiger partial charge in [-0.05, 0) is 170 Å². The Bertz CT molecular complexity index is 2800. The van der Waals surface area contributed by atoms with Crippen molar-refractivity contribution in [3.05, 3.63) is 186 Å². The van der Waals surface area contributed by atoms with E-state index in [9.17, 15) is 0 Å². The van der Waals surface area contributed by atoms with Crippen molar-refractivity contribution in [1.82, 2.24) is 0 Å². The summed E-state index contributed by atoms with van der Waals surface area (Å²) in [6.45, 7) is 11.7. The Morgan fingerprint density at radius 1 is 0.433 bits per heavy atom. The molecule has 0 atom stereocenters. The summed E-state index contributed by atoms with van der Waals surface area (Å²) in [6, 6.07) is 60.7. The molecule has 4 saturated carbocycles. The molecule has 1 spiro atoms. The molecule has 7 aromatic carbocycles. The molecule has 6 aliphatic rings. The fourth-order valence-electron chi connectivity index (χ4n) is 13.7. The summed E-state index contributed by atoms with van der Waals surface area (Å²) >= 11 is 0. The molecule has 0 unspecified atom stereocenters. The molecule has 7 aromatic rings. The Kier molecular flexibility index (Phi) is 7.80. The Labute approximate surface area is 357 Å². The molecule has 60 heavy (non-hydrogen) atoms. The van der Waals surface area contributed by atoms with Crippen molar-refractivity contribution in [3.63, 3.8) is 0 Å². The van der Waals surface area contributed by atoms with Crippen LogP contribution in [0.5, 0.6) is 0 Å². The lowest BCUT2D eigenvalue weighted by molar-refractivity contribution is -0.0399. The average Bonchev–Trinajstić information content (AvgIpc) is 3.68. The van der Waals surface area contributed by atoms with Crippen LogP contribution in [0.15, 0.2) is 158 Å². The summed E-state index contributed by atoms with van der Waals surface area (Å²) in [7, 11) is 0. The minimum Gasteiger partial charge on any atom is -0.310 e. The molecule has 1 nitrogen and oxygen atoms in total. The summed E-state index contributed by atoms with van der Waals surface area (Å²) in [5.74, 6) is 3.31. The van der Waals surface area contributed by atoms with E-state index in [2.05, 4.69) is 197 Å². The monoisotopic (exact) mass is 777 g/mol. The number of nitrogens with zero attached hydrogens (tertiary/aromatic N) is 1. The highest BCUT2D eigenvalue weighted by atomic mass is 15.1. The first-order valence-corrected chi connectivity index (χ1v) is 22.7. The van der Waals surface area contributed by atoms with Crippen LogP contribution in [0.3, 0.4) is 0 Å². The lowest BCUT2D eigenvalue weighted by Gasteiger charge is -2.61. The summed E-state index contributed by atoms with van der Waals surface area (Å²) < 4.78 is 0. The van der Waals surface area contributed by atoms with E-state index in [0.29, 0.717) is 0 Å². The van der Waals surface area contributed by atoms with Crippen LogP contribution < -0.4 is 4.90 Å². The molecule has 6 aliphatic carbocycles. The smallest absolute Gasteiger partial charge is 0.0465 e. The fraction of sp³-hybridized carbons (Fsp3) is 0.288. The van der Waals surface area contributed by atoms with E-state index in [0.717, 1.165) is 23.7 Å². The number of anilines is 3. The van der Waals surface area contributed by atoms with Crippen LogP contribution in [-0.2, 0) is 16.2 Å². The zero-order chi connectivity index (χ0) is 40.5. The average molecular weight is 778 g/mol. The lowest BCUT2D eigenvalue weighted by atomic mass is 9.43. The van der Waals surface area contributed by atoms with E-state index < -0.39 is 0 Å². The van der Waals surface area contributed by atoms with Crippen LogP contribution in [0.4, 0.5) is 17.1 Å². The maximum absolute atomic E-state index is 2.63. The highest BCUT2D eigenvalue weighted by Crippen LogP contribution is 2.69. The molecule has 0 saturated heterocycles. The molecule has 13 rings (SSSR count). The van der Waals surface area contributed by atoms with Gasteiger partial charge < -0.3 is 4.90 Å². The summed E-state index contributed by atoms with van der Waals surface area (Å²) in [6.07, 6.45) is 7.03. The Morgan fingerprint density at radius 2 is 0.917 bits per heavy atom. The first kappa shape index (κ1) is 36.2. The van der Waals surface area contributed by atoms with Crippen molar-refractivity contribution < 1.29 is 0 Å². The minimum absolute atomic E-state index is 0.0838. The van der Waals surface area contributed by atoms with Gasteiger partial charge in [-0.25, -0.2) is 0 Å². The number of hydrogen-bond acceptors (Lipinski definition) is 1. The van der Waals surface area contributed by atoms with Crippen LogP contribution >= 0.6 is 0 Å². The molecule has 1 heteroatoms. The Morgan fingerprint density at radius 3 is 1.55 bits per heavy atom. The molecule has 4 fully saturated rings. The normalized spacial score (nSPS) is 23.6. The van der Waals surface area contributed by atoms with E-state index in [1.807, 2.05) is 0 Å². The second-order valence-electron chi connectivity index (χ2n) is 20.6. The molecule has 0 amide bonds. The van der Waals surface area contributed by atoms with Crippen molar-refractivity contribution in [2.75, 3.05) is 4.90 Å². The first-order valence-electron chi connectivity index (χ1n) is 22.7. The zero-order valence-electron chi connectivity index (χ0n) is 35.8. The fourth-order valence-corrected chi connectivity index (χ4v) is 13.7. The first-order chi connectivity index (χ1) is 29.1. The number of fused-ring (bicyclic) bond motifs is 6. The van der Waals surface area contributed by atoms with Gasteiger partial charge in [-0.3, -0.25) is 0 Å². The zero-order valence-corrected chi connectivity index (χ0v) is 35.8. The van der Waals surface area contributed by atoms with Gasteiger partial charge in [0, 0.05) is 27.9 Å². The third-order valence-corrected chi connectivity index (χ3v) is 16.0. The van der Waals surface area contributed by atoms with E-state index in [-0.39, 0.29) is 16.2 Å². The highest BCUT2D eigenvalue weighted by Gasteiger charge is 2.61. The predicted octanol–water partition coefficient (Wildman–Crippen LogP) is 15.8. The second-order valence-corrected chi connectivity index (χ2v) is 20.6. The van der Waals surface area contributed by atoms with Gasteiger partial charge in [0.25, 0.3) is 0 Å². The van der Waals surface area contributed by atoms with E-state index in [1.165, 1.54) is 110 Å². The molecular weight excluding hydrogens is 723 g/mol. The maximum Gasteiger partial charge on any atom is 0.0465 e. The van der Waals surface area contributed by atoms with E-state index in [1.54, 1.807) is 11.1 Å². The standard InChI is InChI=1S/C59H55N/c1-57(2,3)40-23-27-44(28-24-40)60(45-29-30-50-48-15-9-11-20-54(48)59(55(50)36-45)41-32-37-31-38(34-41)35-42(59)33-37)43-25-21-39(22-26-43)46-13-6-7-14-47(46)51-17-12-18-52-49-16-8-10-19-53(49)58(4,5)56(51)52/h6-30,36-38,41-42H,31-35H2,1-5H3. The van der Waals surface area contributed by atoms with Crippen LogP contribution in [0.1, 0.15) is 94.5 Å². The van der Waals surface area contributed by atoms with Crippen molar-refractivity contribution in [3.8, 4) is 44.5 Å². The third-order valence-electron chi connectivity index (χ3n) is 16.0. The lowest BCUT2D eigenvalue weighted by Crippen LogP contribution is -2.55. The maximum atomic E-state index is 2.63. The molecule has 0 heterocycles. The molecule has 0 radical (unpaired) electrons. The molecule has 4 bridgehead atoms. The van der Waals surface area contributed by atoms with Gasteiger partial charge in [0.2, 0.25) is 0 Å². The predicted molar refractivity (Wildman–Crippen MR) is 252 cm³/mol. The molecule has 0 N–H and O–H groups in total. The number of rotatable bonds is 5. The van der Waals surface area contributed by atoms with Gasteiger partial charge in [0.1, 0.15) is 0 Å². The Hall–Kier alpha value is -5.66. The van der Waals surface area contributed by atoms with Crippen molar-refractivity contribution in [2.45, 2.75) is 83.0 Å². The van der Waals surface area contributed by atoms with Crippen LogP contribution in [0.25, 0.3) is 44.5 Å². The molecule has 0 aromatic heterocycles. The summed E-state index contributed by atoms with van der Waals surface area (Å²) in [5, 5.41) is 0. The molecule has 0 aliphatic heterocycles. The highest BCUT2D eigenvalue weighted by molar-refractivity contribution is 5.93. The van der Waals surface area contributed by atoms with Gasteiger partial charge in [-0.15, -0.1) is 0 Å². The third kappa shape index (κ3) is 5.11. The van der Waals surface area contributed by atoms with Crippen LogP contribution in [-0.4, -0.2) is 0 Å². The van der Waals surface area contributed by atoms with Gasteiger partial charge in [0.15, 0.2) is 0 Å².